The Morgan fingerprint density at radius 3 is 2.56 bits per heavy atom. The van der Waals surface area contributed by atoms with E-state index in [1.807, 2.05) is 67.6 Å². The second kappa shape index (κ2) is 9.27. The van der Waals surface area contributed by atoms with Crippen molar-refractivity contribution in [3.63, 3.8) is 0 Å². The Kier molecular flexibility index (Phi) is 5.86. The summed E-state index contributed by atoms with van der Waals surface area (Å²) >= 11 is 0. The average molecular weight is 457 g/mol. The fourth-order valence-electron chi connectivity index (χ4n) is 3.84. The van der Waals surface area contributed by atoms with Crippen LogP contribution in [0.4, 0.5) is 0 Å². The first kappa shape index (κ1) is 21.5. The van der Waals surface area contributed by atoms with E-state index in [1.54, 1.807) is 0 Å². The third-order valence-corrected chi connectivity index (χ3v) is 5.63. The number of ether oxygens (including phenoxy) is 1. The number of nitrogens with one attached hydrogen (secondary N) is 1. The molecule has 172 valence electrons. The summed E-state index contributed by atoms with van der Waals surface area (Å²) in [6.07, 6.45) is 1.21. The molecule has 0 aliphatic carbocycles. The van der Waals surface area contributed by atoms with Crippen LogP contribution in [0, 0.1) is 6.92 Å². The van der Waals surface area contributed by atoms with Crippen LogP contribution in [0.1, 0.15) is 17.0 Å². The lowest BCUT2D eigenvalue weighted by molar-refractivity contribution is 0.243. The van der Waals surface area contributed by atoms with Crippen LogP contribution in [-0.4, -0.2) is 21.3 Å². The highest BCUT2D eigenvalue weighted by Gasteiger charge is 2.11. The van der Waals surface area contributed by atoms with Crippen LogP contribution >= 0.6 is 0 Å². The van der Waals surface area contributed by atoms with Crippen molar-refractivity contribution in [1.29, 1.82) is 0 Å². The van der Waals surface area contributed by atoms with Crippen LogP contribution in [0.15, 0.2) is 85.3 Å². The van der Waals surface area contributed by atoms with Crippen molar-refractivity contribution < 1.29 is 13.7 Å². The van der Waals surface area contributed by atoms with E-state index in [2.05, 4.69) is 16.0 Å². The van der Waals surface area contributed by atoms with E-state index in [1.165, 1.54) is 0 Å². The van der Waals surface area contributed by atoms with Crippen LogP contribution in [0.3, 0.4) is 0 Å². The molecule has 0 bridgehead atoms. The molecule has 0 atom stereocenters. The molecule has 1 N–H and O–H groups in total. The summed E-state index contributed by atoms with van der Waals surface area (Å²) in [5.41, 5.74) is 2.34. The van der Waals surface area contributed by atoms with Crippen molar-refractivity contribution in [2.45, 2.75) is 26.3 Å². The normalized spacial score (nSPS) is 11.2. The first-order valence-corrected chi connectivity index (χ1v) is 11.0. The van der Waals surface area contributed by atoms with Gasteiger partial charge in [0.1, 0.15) is 11.5 Å². The number of rotatable bonds is 8. The Hall–Kier alpha value is -4.33. The lowest BCUT2D eigenvalue weighted by Gasteiger charge is -2.08. The molecule has 0 amide bonds. The fraction of sp³-hybridized carbons (Fsp3) is 0.192. The molecule has 0 saturated carbocycles. The van der Waals surface area contributed by atoms with E-state index in [-0.39, 0.29) is 6.54 Å². The topological polar surface area (TPSA) is 103 Å². The first-order chi connectivity index (χ1) is 16.5. The predicted molar refractivity (Wildman–Crippen MR) is 127 cm³/mol. The standard InChI is InChI=1S/C26H23N3O5/c1-17-23(27-24(33-17)19-5-3-2-4-6-19)12-14-32-22-10-9-20-15-18(7-8-21(20)16-22)11-13-29-25(30)28-26(31)34-29/h2-10,15-16H,11-14H2,1H3,(H,28,30,31). The van der Waals surface area contributed by atoms with Gasteiger partial charge in [-0.05, 0) is 53.9 Å². The highest BCUT2D eigenvalue weighted by molar-refractivity contribution is 5.84. The minimum Gasteiger partial charge on any atom is -0.493 e. The molecule has 2 aromatic heterocycles. The lowest BCUT2D eigenvalue weighted by Crippen LogP contribution is -2.17. The van der Waals surface area contributed by atoms with Crippen molar-refractivity contribution in [3.05, 3.63) is 105 Å². The number of H-pyrrole nitrogens is 1. The Morgan fingerprint density at radius 2 is 1.76 bits per heavy atom. The van der Waals surface area contributed by atoms with Crippen LogP contribution in [-0.2, 0) is 19.4 Å². The smallest absolute Gasteiger partial charge is 0.440 e. The zero-order valence-electron chi connectivity index (χ0n) is 18.6. The lowest BCUT2D eigenvalue weighted by atomic mass is 10.0. The van der Waals surface area contributed by atoms with E-state index in [0.29, 0.717) is 25.3 Å². The monoisotopic (exact) mass is 457 g/mol. The molecule has 0 unspecified atom stereocenters. The molecule has 0 aliphatic heterocycles. The zero-order valence-corrected chi connectivity index (χ0v) is 18.6. The van der Waals surface area contributed by atoms with E-state index in [4.69, 9.17) is 13.7 Å². The highest BCUT2D eigenvalue weighted by atomic mass is 16.5. The summed E-state index contributed by atoms with van der Waals surface area (Å²) in [7, 11) is 0. The number of aromatic nitrogens is 3. The zero-order chi connectivity index (χ0) is 23.5. The maximum absolute atomic E-state index is 11.6. The van der Waals surface area contributed by atoms with Gasteiger partial charge < -0.3 is 13.7 Å². The van der Waals surface area contributed by atoms with Gasteiger partial charge in [-0.15, -0.1) is 0 Å². The minimum absolute atomic E-state index is 0.289. The van der Waals surface area contributed by atoms with Gasteiger partial charge in [-0.25, -0.2) is 19.6 Å². The molecule has 5 rings (SSSR count). The van der Waals surface area contributed by atoms with Gasteiger partial charge in [0.05, 0.1) is 18.8 Å². The van der Waals surface area contributed by atoms with Crippen molar-refractivity contribution in [1.82, 2.24) is 14.7 Å². The average Bonchev–Trinajstić information content (AvgIpc) is 3.38. The van der Waals surface area contributed by atoms with E-state index < -0.39 is 11.4 Å². The van der Waals surface area contributed by atoms with Crippen LogP contribution in [0.2, 0.25) is 0 Å². The molecule has 5 aromatic rings. The second-order valence-electron chi connectivity index (χ2n) is 7.99. The molecule has 3 aromatic carbocycles. The second-order valence-corrected chi connectivity index (χ2v) is 7.99. The van der Waals surface area contributed by atoms with Crippen LogP contribution in [0.5, 0.6) is 5.75 Å². The number of hydrogen-bond donors (Lipinski definition) is 1. The summed E-state index contributed by atoms with van der Waals surface area (Å²) < 4.78 is 17.6. The SMILES string of the molecule is Cc1oc(-c2ccccc2)nc1CCOc1ccc2cc(CCn3oc(=O)[nH]c3=O)ccc2c1. The number of oxazole rings is 1. The first-order valence-electron chi connectivity index (χ1n) is 11.0. The summed E-state index contributed by atoms with van der Waals surface area (Å²) in [4.78, 5) is 29.4. The molecule has 8 heteroatoms. The molecule has 8 nitrogen and oxygen atoms in total. The molecular weight excluding hydrogens is 434 g/mol. The Morgan fingerprint density at radius 1 is 0.971 bits per heavy atom. The molecule has 0 fully saturated rings. The Labute approximate surface area is 194 Å². The summed E-state index contributed by atoms with van der Waals surface area (Å²) in [6, 6.07) is 21.8. The molecule has 0 radical (unpaired) electrons. The van der Waals surface area contributed by atoms with Crippen molar-refractivity contribution in [3.8, 4) is 17.2 Å². The summed E-state index contributed by atoms with van der Waals surface area (Å²) in [5.74, 6) is 1.46. The maximum atomic E-state index is 11.6. The van der Waals surface area contributed by atoms with Gasteiger partial charge in [-0.1, -0.05) is 42.5 Å². The third-order valence-electron chi connectivity index (χ3n) is 5.63. The molecule has 0 saturated heterocycles. The predicted octanol–water partition coefficient (Wildman–Crippen LogP) is 4.11. The number of hydrogen-bond acceptors (Lipinski definition) is 6. The minimum atomic E-state index is -0.744. The number of fused-ring (bicyclic) bond motifs is 1. The van der Waals surface area contributed by atoms with Gasteiger partial charge in [0.15, 0.2) is 0 Å². The van der Waals surface area contributed by atoms with Gasteiger partial charge in [0.25, 0.3) is 0 Å². The van der Waals surface area contributed by atoms with Crippen molar-refractivity contribution >= 4 is 10.8 Å². The van der Waals surface area contributed by atoms with Gasteiger partial charge in [0.2, 0.25) is 5.89 Å². The van der Waals surface area contributed by atoms with Crippen molar-refractivity contribution in [2.24, 2.45) is 0 Å². The quantitative estimate of drug-likeness (QED) is 0.376. The number of aryl methyl sites for hydroxylation is 3. The number of aromatic amines is 1. The van der Waals surface area contributed by atoms with Crippen LogP contribution < -0.4 is 16.2 Å². The largest absolute Gasteiger partial charge is 0.493 e. The summed E-state index contributed by atoms with van der Waals surface area (Å²) in [6.45, 7) is 2.70. The highest BCUT2D eigenvalue weighted by Crippen LogP contribution is 2.24. The number of benzene rings is 3. The van der Waals surface area contributed by atoms with E-state index in [9.17, 15) is 9.59 Å². The van der Waals surface area contributed by atoms with Gasteiger partial charge in [0, 0.05) is 12.0 Å². The van der Waals surface area contributed by atoms with Crippen LogP contribution in [0.25, 0.3) is 22.2 Å². The van der Waals surface area contributed by atoms with Gasteiger partial charge >= 0.3 is 11.4 Å². The summed E-state index contributed by atoms with van der Waals surface area (Å²) in [5, 5.41) is 2.11. The maximum Gasteiger partial charge on any atom is 0.440 e. The number of nitrogens with zero attached hydrogens (tertiary/aromatic N) is 2. The third kappa shape index (κ3) is 4.71. The van der Waals surface area contributed by atoms with Gasteiger partial charge in [-0.3, -0.25) is 0 Å². The molecule has 34 heavy (non-hydrogen) atoms. The Bertz CT molecular complexity index is 1540. The Balaban J connectivity index is 1.21. The van der Waals surface area contributed by atoms with E-state index >= 15 is 0 Å². The van der Waals surface area contributed by atoms with Gasteiger partial charge in [-0.2, -0.15) is 4.74 Å². The fourth-order valence-corrected chi connectivity index (χ4v) is 3.84. The molecular formula is C26H23N3O5. The molecule has 2 heterocycles. The molecule has 0 aliphatic rings. The molecule has 0 spiro atoms. The van der Waals surface area contributed by atoms with E-state index in [0.717, 1.165) is 43.8 Å². The van der Waals surface area contributed by atoms with Crippen molar-refractivity contribution in [2.75, 3.05) is 6.61 Å².